The normalized spacial score (nSPS) is 23.0. The monoisotopic (exact) mass is 422 g/mol. The number of hydrogen-bond donors (Lipinski definition) is 2. The summed E-state index contributed by atoms with van der Waals surface area (Å²) in [5.41, 5.74) is 2.44. The SMILES string of the molecule is CC(CCCc1ccccc1)Oc1cc(O)c2c(c1)OC(C)[C@@H]1CC=C(C(=O)O)C[C@@H]21. The minimum Gasteiger partial charge on any atom is -0.507 e. The number of allylic oxidation sites excluding steroid dienone is 1. The van der Waals surface area contributed by atoms with Crippen LogP contribution in [-0.4, -0.2) is 28.4 Å². The topological polar surface area (TPSA) is 76.0 Å². The van der Waals surface area contributed by atoms with E-state index in [0.717, 1.165) is 19.3 Å². The fraction of sp³-hybridized carbons (Fsp3) is 0.423. The highest BCUT2D eigenvalue weighted by atomic mass is 16.5. The first-order valence-corrected chi connectivity index (χ1v) is 11.1. The molecule has 0 fully saturated rings. The van der Waals surface area contributed by atoms with E-state index in [0.29, 0.717) is 35.5 Å². The Morgan fingerprint density at radius 3 is 2.77 bits per heavy atom. The molecule has 0 radical (unpaired) electrons. The Morgan fingerprint density at radius 2 is 2.03 bits per heavy atom. The van der Waals surface area contributed by atoms with Crippen LogP contribution in [0.4, 0.5) is 0 Å². The van der Waals surface area contributed by atoms with Gasteiger partial charge in [0.05, 0.1) is 12.2 Å². The molecule has 2 aliphatic rings. The van der Waals surface area contributed by atoms with Crippen molar-refractivity contribution in [3.63, 3.8) is 0 Å². The van der Waals surface area contributed by atoms with Gasteiger partial charge in [-0.05, 0) is 51.5 Å². The zero-order valence-electron chi connectivity index (χ0n) is 18.1. The molecule has 5 nitrogen and oxygen atoms in total. The van der Waals surface area contributed by atoms with E-state index in [1.807, 2.05) is 26.0 Å². The van der Waals surface area contributed by atoms with Gasteiger partial charge in [0.15, 0.2) is 0 Å². The Balaban J connectivity index is 1.45. The molecule has 0 saturated heterocycles. The molecule has 5 heteroatoms. The maximum Gasteiger partial charge on any atom is 0.331 e. The fourth-order valence-electron chi connectivity index (χ4n) is 4.87. The number of phenolic OH excluding ortho intramolecular Hbond substituents is 1. The van der Waals surface area contributed by atoms with Gasteiger partial charge in [-0.15, -0.1) is 0 Å². The minimum absolute atomic E-state index is 0.00570. The molecular weight excluding hydrogens is 392 g/mol. The number of carbonyl (C=O) groups is 1. The highest BCUT2D eigenvalue weighted by Crippen LogP contribution is 2.51. The summed E-state index contributed by atoms with van der Waals surface area (Å²) in [6.45, 7) is 4.04. The lowest BCUT2D eigenvalue weighted by Gasteiger charge is -2.40. The van der Waals surface area contributed by atoms with Gasteiger partial charge in [0.2, 0.25) is 0 Å². The van der Waals surface area contributed by atoms with Crippen molar-refractivity contribution in [3.8, 4) is 17.2 Å². The van der Waals surface area contributed by atoms with Crippen LogP contribution in [0.25, 0.3) is 0 Å². The number of carboxylic acids is 1. The molecule has 0 bridgehead atoms. The first-order valence-electron chi connectivity index (χ1n) is 11.1. The van der Waals surface area contributed by atoms with Crippen LogP contribution in [0.1, 0.15) is 56.6 Å². The lowest BCUT2D eigenvalue weighted by molar-refractivity contribution is -0.133. The number of benzene rings is 2. The summed E-state index contributed by atoms with van der Waals surface area (Å²) in [7, 11) is 0. The molecule has 2 aromatic rings. The first kappa shape index (κ1) is 21.3. The minimum atomic E-state index is -0.886. The van der Waals surface area contributed by atoms with E-state index in [1.54, 1.807) is 12.1 Å². The van der Waals surface area contributed by atoms with Crippen molar-refractivity contribution < 1.29 is 24.5 Å². The summed E-state index contributed by atoms with van der Waals surface area (Å²) in [4.78, 5) is 11.5. The van der Waals surface area contributed by atoms with E-state index in [4.69, 9.17) is 9.47 Å². The molecule has 4 rings (SSSR count). The van der Waals surface area contributed by atoms with Crippen molar-refractivity contribution in [2.75, 3.05) is 0 Å². The molecule has 2 aromatic carbocycles. The second kappa shape index (κ2) is 9.04. The van der Waals surface area contributed by atoms with E-state index >= 15 is 0 Å². The second-order valence-corrected chi connectivity index (χ2v) is 8.73. The van der Waals surface area contributed by atoms with Gasteiger partial charge in [-0.2, -0.15) is 0 Å². The van der Waals surface area contributed by atoms with E-state index in [-0.39, 0.29) is 29.8 Å². The number of carboxylic acid groups (broad SMARTS) is 1. The summed E-state index contributed by atoms with van der Waals surface area (Å²) >= 11 is 0. The molecule has 0 amide bonds. The zero-order valence-corrected chi connectivity index (χ0v) is 18.1. The highest BCUT2D eigenvalue weighted by Gasteiger charge is 2.41. The van der Waals surface area contributed by atoms with Gasteiger partial charge in [0.25, 0.3) is 0 Å². The number of aliphatic carboxylic acids is 1. The summed E-state index contributed by atoms with van der Waals surface area (Å²) in [5.74, 6) is 0.517. The molecule has 1 aliphatic heterocycles. The highest BCUT2D eigenvalue weighted by molar-refractivity contribution is 5.87. The third-order valence-electron chi connectivity index (χ3n) is 6.50. The molecule has 2 N–H and O–H groups in total. The van der Waals surface area contributed by atoms with Crippen molar-refractivity contribution >= 4 is 5.97 Å². The van der Waals surface area contributed by atoms with Crippen LogP contribution in [0.5, 0.6) is 17.2 Å². The van der Waals surface area contributed by atoms with Crippen molar-refractivity contribution in [1.82, 2.24) is 0 Å². The molecule has 1 heterocycles. The Kier molecular flexibility index (Phi) is 6.21. The quantitative estimate of drug-likeness (QED) is 0.619. The maximum atomic E-state index is 11.5. The summed E-state index contributed by atoms with van der Waals surface area (Å²) in [6, 6.07) is 13.9. The van der Waals surface area contributed by atoms with Crippen LogP contribution < -0.4 is 9.47 Å². The molecule has 2 unspecified atom stereocenters. The number of phenols is 1. The number of ether oxygens (including phenoxy) is 2. The molecule has 0 spiro atoms. The van der Waals surface area contributed by atoms with Crippen molar-refractivity contribution in [1.29, 1.82) is 0 Å². The van der Waals surface area contributed by atoms with E-state index in [2.05, 4.69) is 24.3 Å². The van der Waals surface area contributed by atoms with E-state index in [1.165, 1.54) is 5.56 Å². The predicted octanol–water partition coefficient (Wildman–Crippen LogP) is 5.47. The third-order valence-corrected chi connectivity index (χ3v) is 6.50. The van der Waals surface area contributed by atoms with Gasteiger partial charge >= 0.3 is 5.97 Å². The van der Waals surface area contributed by atoms with Crippen LogP contribution in [0.3, 0.4) is 0 Å². The molecule has 1 aliphatic carbocycles. The fourth-order valence-corrected chi connectivity index (χ4v) is 4.87. The Bertz CT molecular complexity index is 965. The molecule has 164 valence electrons. The largest absolute Gasteiger partial charge is 0.507 e. The Morgan fingerprint density at radius 1 is 1.26 bits per heavy atom. The van der Waals surface area contributed by atoms with Crippen LogP contribution in [0, 0.1) is 5.92 Å². The summed E-state index contributed by atoms with van der Waals surface area (Å²) in [5, 5.41) is 20.2. The lowest BCUT2D eigenvalue weighted by atomic mass is 9.71. The van der Waals surface area contributed by atoms with Gasteiger partial charge < -0.3 is 19.7 Å². The van der Waals surface area contributed by atoms with Gasteiger partial charge in [0.1, 0.15) is 17.2 Å². The number of fused-ring (bicyclic) bond motifs is 3. The zero-order chi connectivity index (χ0) is 22.0. The standard InChI is InChI=1S/C26H30O5/c1-16(7-6-10-18-8-4-3-5-9-18)30-20-14-23(27)25-22-13-19(26(28)29)11-12-21(22)17(2)31-24(25)15-20/h3-5,8-9,11,14-17,21-22,27H,6-7,10,12-13H2,1-2H3,(H,28,29)/t16?,17?,21-,22+/m0/s1. The van der Waals surface area contributed by atoms with Gasteiger partial charge in [-0.25, -0.2) is 4.79 Å². The maximum absolute atomic E-state index is 11.5. The number of rotatable bonds is 7. The summed E-state index contributed by atoms with van der Waals surface area (Å²) in [6.07, 6.45) is 5.72. The van der Waals surface area contributed by atoms with Crippen molar-refractivity contribution in [2.45, 2.75) is 64.1 Å². The van der Waals surface area contributed by atoms with Crippen molar-refractivity contribution in [2.24, 2.45) is 5.92 Å². The Labute approximate surface area is 183 Å². The molecule has 4 atom stereocenters. The first-order chi connectivity index (χ1) is 14.9. The van der Waals surface area contributed by atoms with Crippen LogP contribution in [0.2, 0.25) is 0 Å². The molecule has 0 aromatic heterocycles. The van der Waals surface area contributed by atoms with Gasteiger partial charge in [-0.3, -0.25) is 0 Å². The predicted molar refractivity (Wildman–Crippen MR) is 119 cm³/mol. The molecular formula is C26H30O5. The van der Waals surface area contributed by atoms with E-state index in [9.17, 15) is 15.0 Å². The number of aryl methyl sites for hydroxylation is 1. The van der Waals surface area contributed by atoms with Crippen LogP contribution >= 0.6 is 0 Å². The summed E-state index contributed by atoms with van der Waals surface area (Å²) < 4.78 is 12.2. The van der Waals surface area contributed by atoms with E-state index < -0.39 is 5.97 Å². The average Bonchev–Trinajstić information content (AvgIpc) is 2.73. The smallest absolute Gasteiger partial charge is 0.331 e. The molecule has 0 saturated carbocycles. The van der Waals surface area contributed by atoms with Crippen molar-refractivity contribution in [3.05, 3.63) is 65.2 Å². The van der Waals surface area contributed by atoms with Gasteiger partial charge in [0, 0.05) is 35.1 Å². The number of hydrogen-bond acceptors (Lipinski definition) is 4. The van der Waals surface area contributed by atoms with Crippen LogP contribution in [0.15, 0.2) is 54.1 Å². The lowest BCUT2D eigenvalue weighted by Crippen LogP contribution is -2.36. The average molecular weight is 423 g/mol. The van der Waals surface area contributed by atoms with Crippen LogP contribution in [-0.2, 0) is 11.2 Å². The third kappa shape index (κ3) is 4.71. The molecule has 31 heavy (non-hydrogen) atoms. The second-order valence-electron chi connectivity index (χ2n) is 8.73. The Hall–Kier alpha value is -2.95. The van der Waals surface area contributed by atoms with Gasteiger partial charge in [-0.1, -0.05) is 36.4 Å². The number of aromatic hydroxyl groups is 1.